The van der Waals surface area contributed by atoms with Crippen LogP contribution in [0.4, 0.5) is 0 Å². The van der Waals surface area contributed by atoms with Crippen molar-refractivity contribution in [3.63, 3.8) is 0 Å². The quantitative estimate of drug-likeness (QED) is 0.447. The Hall–Kier alpha value is -1.51. The second-order valence-corrected chi connectivity index (χ2v) is 4.04. The summed E-state index contributed by atoms with van der Waals surface area (Å²) < 4.78 is 9.92. The largest absolute Gasteiger partial charge is 0.497 e. The van der Waals surface area contributed by atoms with Crippen LogP contribution in [0.3, 0.4) is 0 Å². The fourth-order valence-electron chi connectivity index (χ4n) is 1.69. The second kappa shape index (κ2) is 7.71. The Morgan fingerprint density at radius 2 is 1.76 bits per heavy atom. The normalized spacial score (nSPS) is 10.0. The van der Waals surface area contributed by atoms with Gasteiger partial charge in [0.2, 0.25) is 0 Å². The molecule has 17 heavy (non-hydrogen) atoms. The minimum atomic E-state index is 0.384. The van der Waals surface area contributed by atoms with Crippen LogP contribution in [-0.4, -0.2) is 20.1 Å². The van der Waals surface area contributed by atoms with E-state index in [-0.39, 0.29) is 0 Å². The smallest absolute Gasteiger partial charge is 0.180 e. The Balaban J connectivity index is 2.15. The Kier molecular flexibility index (Phi) is 6.15. The molecule has 94 valence electrons. The van der Waals surface area contributed by atoms with Gasteiger partial charge in [-0.3, -0.25) is 5.41 Å². The van der Waals surface area contributed by atoms with Crippen LogP contribution in [0.5, 0.6) is 5.75 Å². The average Bonchev–Trinajstić information content (AvgIpc) is 2.38. The Bertz CT molecular complexity index is 333. The molecule has 0 aliphatic carbocycles. The van der Waals surface area contributed by atoms with Gasteiger partial charge in [-0.05, 0) is 37.0 Å². The van der Waals surface area contributed by atoms with Gasteiger partial charge in [0.05, 0.1) is 14.2 Å². The number of unbranched alkanes of at least 4 members (excludes halogenated alkanes) is 2. The van der Waals surface area contributed by atoms with Crippen LogP contribution in [0.15, 0.2) is 24.3 Å². The molecule has 0 bridgehead atoms. The van der Waals surface area contributed by atoms with Crippen molar-refractivity contribution >= 4 is 5.90 Å². The van der Waals surface area contributed by atoms with Crippen LogP contribution in [0.25, 0.3) is 0 Å². The first kappa shape index (κ1) is 13.6. The fourth-order valence-corrected chi connectivity index (χ4v) is 1.69. The highest BCUT2D eigenvalue weighted by atomic mass is 16.5. The number of hydrogen-bond acceptors (Lipinski definition) is 3. The lowest BCUT2D eigenvalue weighted by molar-refractivity contribution is 0.383. The van der Waals surface area contributed by atoms with Crippen molar-refractivity contribution < 1.29 is 9.47 Å². The van der Waals surface area contributed by atoms with Crippen molar-refractivity contribution in [3.8, 4) is 5.75 Å². The molecule has 0 radical (unpaired) electrons. The number of methoxy groups -OCH3 is 2. The van der Waals surface area contributed by atoms with Crippen LogP contribution < -0.4 is 4.74 Å². The van der Waals surface area contributed by atoms with Gasteiger partial charge in [-0.1, -0.05) is 18.6 Å². The highest BCUT2D eigenvalue weighted by molar-refractivity contribution is 5.72. The van der Waals surface area contributed by atoms with E-state index in [1.165, 1.54) is 5.56 Å². The van der Waals surface area contributed by atoms with Crippen molar-refractivity contribution in [2.75, 3.05) is 14.2 Å². The third kappa shape index (κ3) is 5.38. The van der Waals surface area contributed by atoms with E-state index in [4.69, 9.17) is 14.9 Å². The van der Waals surface area contributed by atoms with E-state index in [1.54, 1.807) is 14.2 Å². The van der Waals surface area contributed by atoms with Gasteiger partial charge >= 0.3 is 0 Å². The number of ether oxygens (including phenoxy) is 2. The first-order valence-corrected chi connectivity index (χ1v) is 6.00. The van der Waals surface area contributed by atoms with Crippen LogP contribution >= 0.6 is 0 Å². The summed E-state index contributed by atoms with van der Waals surface area (Å²) in [6.45, 7) is 0. The maximum atomic E-state index is 7.35. The molecule has 0 aliphatic heterocycles. The molecule has 0 saturated heterocycles. The van der Waals surface area contributed by atoms with Gasteiger partial charge in [0.1, 0.15) is 5.75 Å². The lowest BCUT2D eigenvalue weighted by atomic mass is 10.1. The number of aryl methyl sites for hydroxylation is 1. The molecule has 3 nitrogen and oxygen atoms in total. The zero-order chi connectivity index (χ0) is 12.5. The maximum absolute atomic E-state index is 7.35. The van der Waals surface area contributed by atoms with E-state index in [1.807, 2.05) is 12.1 Å². The molecule has 0 amide bonds. The molecular weight excluding hydrogens is 214 g/mol. The zero-order valence-electron chi connectivity index (χ0n) is 10.7. The van der Waals surface area contributed by atoms with Gasteiger partial charge in [0, 0.05) is 6.42 Å². The van der Waals surface area contributed by atoms with E-state index >= 15 is 0 Å². The molecule has 1 rings (SSSR count). The Morgan fingerprint density at radius 3 is 2.35 bits per heavy atom. The first-order chi connectivity index (χ1) is 8.26. The highest BCUT2D eigenvalue weighted by Crippen LogP contribution is 2.14. The molecule has 0 heterocycles. The first-order valence-electron chi connectivity index (χ1n) is 6.00. The minimum Gasteiger partial charge on any atom is -0.497 e. The predicted octanol–water partition coefficient (Wildman–Crippen LogP) is 3.42. The summed E-state index contributed by atoms with van der Waals surface area (Å²) >= 11 is 0. The third-order valence-electron chi connectivity index (χ3n) is 2.77. The molecule has 0 fully saturated rings. The summed E-state index contributed by atoms with van der Waals surface area (Å²) in [7, 11) is 3.24. The Labute approximate surface area is 103 Å². The SMILES string of the molecule is COC(=N)CCCCCc1ccc(OC)cc1. The van der Waals surface area contributed by atoms with Crippen molar-refractivity contribution in [2.24, 2.45) is 0 Å². The lowest BCUT2D eigenvalue weighted by Gasteiger charge is -2.04. The molecule has 0 aromatic heterocycles. The average molecular weight is 235 g/mol. The van der Waals surface area contributed by atoms with E-state index < -0.39 is 0 Å². The summed E-state index contributed by atoms with van der Waals surface area (Å²) in [6, 6.07) is 8.21. The van der Waals surface area contributed by atoms with E-state index in [0.29, 0.717) is 5.90 Å². The summed E-state index contributed by atoms with van der Waals surface area (Å²) in [4.78, 5) is 0. The van der Waals surface area contributed by atoms with E-state index in [0.717, 1.165) is 37.9 Å². The monoisotopic (exact) mass is 235 g/mol. The molecular formula is C14H21NO2. The van der Waals surface area contributed by atoms with Crippen molar-refractivity contribution in [3.05, 3.63) is 29.8 Å². The molecule has 0 atom stereocenters. The summed E-state index contributed by atoms with van der Waals surface area (Å²) in [6.07, 6.45) is 5.16. The van der Waals surface area contributed by atoms with Crippen LogP contribution in [0.1, 0.15) is 31.2 Å². The number of rotatable bonds is 7. The Morgan fingerprint density at radius 1 is 1.06 bits per heavy atom. The van der Waals surface area contributed by atoms with Gasteiger partial charge < -0.3 is 9.47 Å². The zero-order valence-corrected chi connectivity index (χ0v) is 10.7. The molecule has 0 unspecified atom stereocenters. The van der Waals surface area contributed by atoms with Crippen molar-refractivity contribution in [2.45, 2.75) is 32.1 Å². The standard InChI is InChI=1S/C14H21NO2/c1-16-13-10-8-12(9-11-13)6-4-3-5-7-14(15)17-2/h8-11,15H,3-7H2,1-2H3. The number of nitrogens with one attached hydrogen (secondary N) is 1. The number of benzene rings is 1. The fraction of sp³-hybridized carbons (Fsp3) is 0.500. The van der Waals surface area contributed by atoms with Crippen molar-refractivity contribution in [1.29, 1.82) is 5.41 Å². The lowest BCUT2D eigenvalue weighted by Crippen LogP contribution is -1.98. The van der Waals surface area contributed by atoms with Crippen molar-refractivity contribution in [1.82, 2.24) is 0 Å². The van der Waals surface area contributed by atoms with E-state index in [2.05, 4.69) is 12.1 Å². The third-order valence-corrected chi connectivity index (χ3v) is 2.77. The highest BCUT2D eigenvalue weighted by Gasteiger charge is 1.97. The summed E-state index contributed by atoms with van der Waals surface area (Å²) in [5.41, 5.74) is 1.34. The van der Waals surface area contributed by atoms with Gasteiger partial charge in [0.15, 0.2) is 5.90 Å². The van der Waals surface area contributed by atoms with E-state index in [9.17, 15) is 0 Å². The molecule has 1 N–H and O–H groups in total. The second-order valence-electron chi connectivity index (χ2n) is 4.04. The van der Waals surface area contributed by atoms with Gasteiger partial charge in [-0.2, -0.15) is 0 Å². The molecule has 1 aromatic rings. The minimum absolute atomic E-state index is 0.384. The van der Waals surface area contributed by atoms with Crippen LogP contribution in [0.2, 0.25) is 0 Å². The van der Waals surface area contributed by atoms with Crippen LogP contribution in [0, 0.1) is 5.41 Å². The molecule has 0 spiro atoms. The van der Waals surface area contributed by atoms with Gasteiger partial charge in [0.25, 0.3) is 0 Å². The maximum Gasteiger partial charge on any atom is 0.180 e. The molecule has 0 aliphatic rings. The molecule has 0 saturated carbocycles. The van der Waals surface area contributed by atoms with Crippen LogP contribution in [-0.2, 0) is 11.2 Å². The molecule has 1 aromatic carbocycles. The predicted molar refractivity (Wildman–Crippen MR) is 69.9 cm³/mol. The number of hydrogen-bond donors (Lipinski definition) is 1. The van der Waals surface area contributed by atoms with Gasteiger partial charge in [-0.15, -0.1) is 0 Å². The summed E-state index contributed by atoms with van der Waals surface area (Å²) in [5.74, 6) is 1.29. The van der Waals surface area contributed by atoms with Gasteiger partial charge in [-0.25, -0.2) is 0 Å². The molecule has 3 heteroatoms. The topological polar surface area (TPSA) is 42.3 Å². The summed E-state index contributed by atoms with van der Waals surface area (Å²) in [5, 5.41) is 7.35.